The van der Waals surface area contributed by atoms with E-state index in [9.17, 15) is 29.1 Å². The lowest BCUT2D eigenvalue weighted by Gasteiger charge is -2.26. The zero-order chi connectivity index (χ0) is 24.8. The van der Waals surface area contributed by atoms with Crippen LogP contribution in [0.4, 0.5) is 0 Å². The minimum Gasteiger partial charge on any atom is -0.481 e. The topological polar surface area (TPSA) is 252 Å². The molecule has 0 radical (unpaired) electrons. The van der Waals surface area contributed by atoms with Gasteiger partial charge < -0.3 is 43.4 Å². The molecule has 0 spiro atoms. The Hall–Kier alpha value is -3.42. The van der Waals surface area contributed by atoms with Crippen molar-refractivity contribution < 1.29 is 34.2 Å². The molecule has 14 heteroatoms. The third kappa shape index (κ3) is 11.7. The van der Waals surface area contributed by atoms with Crippen LogP contribution in [0.3, 0.4) is 0 Å². The standard InChI is InChI=1S/C18H33N7O7/c1-9(2)14(16(30)24-11(17(31)32)4-3-7-22-18(20)21)25-15(29)10(5-6-13(27)28)23-12(26)8-19/h9-11,14H,3-8,19H2,1-2H3,(H,23,26)(H,24,30)(H,25,29)(H,27,28)(H,31,32)(H4,20,21,22). The summed E-state index contributed by atoms with van der Waals surface area (Å²) in [5, 5.41) is 25.3. The second kappa shape index (κ2) is 14.6. The number of carbonyl (C=O) groups is 5. The van der Waals surface area contributed by atoms with E-state index in [4.69, 9.17) is 22.3 Å². The summed E-state index contributed by atoms with van der Waals surface area (Å²) >= 11 is 0. The Kier molecular flexibility index (Phi) is 13.0. The highest BCUT2D eigenvalue weighted by molar-refractivity contribution is 5.93. The Bertz CT molecular complexity index is 708. The molecular formula is C18H33N7O7. The normalized spacial score (nSPS) is 13.4. The Morgan fingerprint density at radius 3 is 2.00 bits per heavy atom. The maximum absolute atomic E-state index is 12.7. The molecular weight excluding hydrogens is 426 g/mol. The van der Waals surface area contributed by atoms with Crippen molar-refractivity contribution in [1.29, 1.82) is 0 Å². The first-order valence-electron chi connectivity index (χ1n) is 9.99. The average Bonchev–Trinajstić information content (AvgIpc) is 2.69. The monoisotopic (exact) mass is 459 g/mol. The maximum atomic E-state index is 12.7. The molecule has 182 valence electrons. The van der Waals surface area contributed by atoms with Gasteiger partial charge in [-0.25, -0.2) is 4.79 Å². The molecule has 0 aromatic rings. The van der Waals surface area contributed by atoms with Crippen LogP contribution in [0.2, 0.25) is 0 Å². The Morgan fingerprint density at radius 2 is 1.53 bits per heavy atom. The smallest absolute Gasteiger partial charge is 0.326 e. The first kappa shape index (κ1) is 28.6. The number of aliphatic imine (C=N–C) groups is 1. The third-order valence-electron chi connectivity index (χ3n) is 4.29. The molecule has 0 aliphatic carbocycles. The van der Waals surface area contributed by atoms with Crippen molar-refractivity contribution in [2.45, 2.75) is 57.7 Å². The van der Waals surface area contributed by atoms with Crippen molar-refractivity contribution in [3.8, 4) is 0 Å². The Balaban J connectivity index is 5.25. The van der Waals surface area contributed by atoms with E-state index in [-0.39, 0.29) is 31.8 Å². The van der Waals surface area contributed by atoms with Crippen LogP contribution in [0.15, 0.2) is 4.99 Å². The van der Waals surface area contributed by atoms with Gasteiger partial charge in [-0.15, -0.1) is 0 Å². The van der Waals surface area contributed by atoms with Crippen molar-refractivity contribution in [2.75, 3.05) is 13.1 Å². The molecule has 0 fully saturated rings. The lowest BCUT2D eigenvalue weighted by Crippen LogP contribution is -2.57. The van der Waals surface area contributed by atoms with Crippen molar-refractivity contribution in [3.63, 3.8) is 0 Å². The summed E-state index contributed by atoms with van der Waals surface area (Å²) < 4.78 is 0. The molecule has 0 aliphatic heterocycles. The summed E-state index contributed by atoms with van der Waals surface area (Å²) in [6.07, 6.45) is -0.291. The zero-order valence-electron chi connectivity index (χ0n) is 18.2. The van der Waals surface area contributed by atoms with Gasteiger partial charge in [0.2, 0.25) is 17.7 Å². The van der Waals surface area contributed by atoms with Gasteiger partial charge in [0.1, 0.15) is 18.1 Å². The summed E-state index contributed by atoms with van der Waals surface area (Å²) in [7, 11) is 0. The quantitative estimate of drug-likeness (QED) is 0.0702. The van der Waals surface area contributed by atoms with E-state index >= 15 is 0 Å². The molecule has 0 aromatic heterocycles. The molecule has 0 bridgehead atoms. The number of nitrogens with two attached hydrogens (primary N) is 3. The number of carboxylic acids is 2. The van der Waals surface area contributed by atoms with Crippen molar-refractivity contribution in [1.82, 2.24) is 16.0 Å². The highest BCUT2D eigenvalue weighted by atomic mass is 16.4. The van der Waals surface area contributed by atoms with Crippen LogP contribution in [0, 0.1) is 5.92 Å². The minimum atomic E-state index is -1.27. The number of rotatable bonds is 15. The summed E-state index contributed by atoms with van der Waals surface area (Å²) in [4.78, 5) is 63.0. The molecule has 3 atom stereocenters. The maximum Gasteiger partial charge on any atom is 0.326 e. The van der Waals surface area contributed by atoms with Crippen molar-refractivity contribution >= 4 is 35.6 Å². The molecule has 0 saturated heterocycles. The van der Waals surface area contributed by atoms with E-state index in [1.165, 1.54) is 0 Å². The molecule has 0 rings (SSSR count). The van der Waals surface area contributed by atoms with Gasteiger partial charge in [-0.3, -0.25) is 24.2 Å². The first-order chi connectivity index (χ1) is 14.9. The predicted molar refractivity (Wildman–Crippen MR) is 114 cm³/mol. The highest BCUT2D eigenvalue weighted by Gasteiger charge is 2.31. The number of nitrogens with zero attached hydrogens (tertiary/aromatic N) is 1. The number of aliphatic carboxylic acids is 2. The molecule has 0 heterocycles. The molecule has 14 nitrogen and oxygen atoms in total. The van der Waals surface area contributed by atoms with Crippen molar-refractivity contribution in [3.05, 3.63) is 0 Å². The van der Waals surface area contributed by atoms with E-state index in [2.05, 4.69) is 20.9 Å². The van der Waals surface area contributed by atoms with Crippen LogP contribution in [0.1, 0.15) is 39.5 Å². The van der Waals surface area contributed by atoms with Gasteiger partial charge in [0, 0.05) is 13.0 Å². The van der Waals surface area contributed by atoms with Gasteiger partial charge >= 0.3 is 11.9 Å². The fourth-order valence-electron chi connectivity index (χ4n) is 2.60. The number of carboxylic acid groups (broad SMARTS) is 2. The number of guanidine groups is 1. The molecule has 0 saturated carbocycles. The van der Waals surface area contributed by atoms with Gasteiger partial charge in [-0.05, 0) is 25.2 Å². The fraction of sp³-hybridized carbons (Fsp3) is 0.667. The number of nitrogens with one attached hydrogen (secondary N) is 3. The average molecular weight is 460 g/mol. The molecule has 0 aromatic carbocycles. The Morgan fingerprint density at radius 1 is 0.906 bits per heavy atom. The van der Waals surface area contributed by atoms with Gasteiger partial charge in [0.25, 0.3) is 0 Å². The van der Waals surface area contributed by atoms with Crippen molar-refractivity contribution in [2.24, 2.45) is 28.1 Å². The largest absolute Gasteiger partial charge is 0.481 e. The van der Waals surface area contributed by atoms with E-state index in [1.54, 1.807) is 13.8 Å². The number of amides is 3. The number of hydrogen-bond donors (Lipinski definition) is 8. The van der Waals surface area contributed by atoms with Crippen LogP contribution in [-0.4, -0.2) is 77.0 Å². The summed E-state index contributed by atoms with van der Waals surface area (Å²) in [5.74, 6) is -5.23. The van der Waals surface area contributed by atoms with E-state index < -0.39 is 66.7 Å². The minimum absolute atomic E-state index is 0.0460. The number of hydrogen-bond acceptors (Lipinski definition) is 7. The highest BCUT2D eigenvalue weighted by Crippen LogP contribution is 2.07. The molecule has 11 N–H and O–H groups in total. The van der Waals surface area contributed by atoms with Crippen LogP contribution in [-0.2, 0) is 24.0 Å². The second-order valence-electron chi connectivity index (χ2n) is 7.34. The molecule has 32 heavy (non-hydrogen) atoms. The van der Waals surface area contributed by atoms with Crippen LogP contribution in [0.25, 0.3) is 0 Å². The second-order valence-corrected chi connectivity index (χ2v) is 7.34. The van der Waals surface area contributed by atoms with E-state index in [1.807, 2.05) is 0 Å². The van der Waals surface area contributed by atoms with E-state index in [0.29, 0.717) is 0 Å². The molecule has 3 amide bonds. The molecule has 3 unspecified atom stereocenters. The summed E-state index contributed by atoms with van der Waals surface area (Å²) in [5.41, 5.74) is 15.6. The molecule has 0 aliphatic rings. The zero-order valence-corrected chi connectivity index (χ0v) is 18.2. The van der Waals surface area contributed by atoms with Gasteiger partial charge in [0.15, 0.2) is 5.96 Å². The van der Waals surface area contributed by atoms with Crippen LogP contribution < -0.4 is 33.2 Å². The van der Waals surface area contributed by atoms with Crippen LogP contribution in [0.5, 0.6) is 0 Å². The van der Waals surface area contributed by atoms with Crippen LogP contribution >= 0.6 is 0 Å². The van der Waals surface area contributed by atoms with Gasteiger partial charge in [0.05, 0.1) is 6.54 Å². The lowest BCUT2D eigenvalue weighted by molar-refractivity contribution is -0.142. The lowest BCUT2D eigenvalue weighted by atomic mass is 10.0. The van der Waals surface area contributed by atoms with Gasteiger partial charge in [-0.2, -0.15) is 0 Å². The van der Waals surface area contributed by atoms with Gasteiger partial charge in [-0.1, -0.05) is 13.8 Å². The fourth-order valence-corrected chi connectivity index (χ4v) is 2.60. The van der Waals surface area contributed by atoms with E-state index in [0.717, 1.165) is 0 Å². The SMILES string of the molecule is CC(C)C(NC(=O)C(CCC(=O)O)NC(=O)CN)C(=O)NC(CCCN=C(N)N)C(=O)O. The third-order valence-corrected chi connectivity index (χ3v) is 4.29. The summed E-state index contributed by atoms with van der Waals surface area (Å²) in [6.45, 7) is 3.02. The first-order valence-corrected chi connectivity index (χ1v) is 9.99. The summed E-state index contributed by atoms with van der Waals surface area (Å²) in [6, 6.07) is -3.61. The predicted octanol–water partition coefficient (Wildman–Crippen LogP) is -2.94. The number of carbonyl (C=O) groups excluding carboxylic acids is 3. The Labute approximate surface area is 185 Å².